The molecule has 1 aromatic heterocycles. The molecule has 0 aliphatic rings. The van der Waals surface area contributed by atoms with E-state index in [0.717, 1.165) is 37.3 Å². The Balaban J connectivity index is 2.01. The summed E-state index contributed by atoms with van der Waals surface area (Å²) in [4.78, 5) is 4.41. The molecule has 0 saturated carbocycles. The lowest BCUT2D eigenvalue weighted by Crippen LogP contribution is -2.29. The van der Waals surface area contributed by atoms with Gasteiger partial charge in [0.15, 0.2) is 0 Å². The van der Waals surface area contributed by atoms with E-state index in [-0.39, 0.29) is 6.04 Å². The van der Waals surface area contributed by atoms with E-state index in [9.17, 15) is 0 Å². The number of rotatable bonds is 7. The lowest BCUT2D eigenvalue weighted by molar-refractivity contribution is 0.518. The highest BCUT2D eigenvalue weighted by Crippen LogP contribution is 2.17. The van der Waals surface area contributed by atoms with Crippen molar-refractivity contribution in [3.63, 3.8) is 0 Å². The molecule has 0 bridgehead atoms. The average Bonchev–Trinajstić information content (AvgIpc) is 2.97. The Morgan fingerprint density at radius 1 is 1.35 bits per heavy atom. The first kappa shape index (κ1) is 14.3. The second-order valence-corrected chi connectivity index (χ2v) is 4.73. The van der Waals surface area contributed by atoms with Crippen molar-refractivity contribution in [1.29, 1.82) is 5.26 Å². The number of nitriles is 1. The van der Waals surface area contributed by atoms with Crippen LogP contribution in [0.5, 0.6) is 0 Å². The fourth-order valence-electron chi connectivity index (χ4n) is 2.14. The standard InChI is InChI=1S/C16H20N4/c1-2-9-18-15(13-17)8-11-20-12-10-19-16(20)14-6-4-3-5-7-14/h3-7,10,12,15,18H,2,8-9,11H2,1H3. The summed E-state index contributed by atoms with van der Waals surface area (Å²) in [6, 6.07) is 12.3. The molecule has 0 aliphatic carbocycles. The first-order valence-corrected chi connectivity index (χ1v) is 7.04. The third-order valence-corrected chi connectivity index (χ3v) is 3.20. The molecule has 1 unspecified atom stereocenters. The molecule has 0 fully saturated rings. The Morgan fingerprint density at radius 3 is 2.85 bits per heavy atom. The van der Waals surface area contributed by atoms with Crippen LogP contribution < -0.4 is 5.32 Å². The van der Waals surface area contributed by atoms with Crippen LogP contribution in [0.4, 0.5) is 0 Å². The number of hydrogen-bond donors (Lipinski definition) is 1. The molecule has 4 nitrogen and oxygen atoms in total. The largest absolute Gasteiger partial charge is 0.331 e. The van der Waals surface area contributed by atoms with Crippen molar-refractivity contribution in [2.24, 2.45) is 0 Å². The van der Waals surface area contributed by atoms with Gasteiger partial charge in [-0.25, -0.2) is 4.98 Å². The van der Waals surface area contributed by atoms with Gasteiger partial charge in [-0.3, -0.25) is 0 Å². The summed E-state index contributed by atoms with van der Waals surface area (Å²) in [5.41, 5.74) is 1.10. The molecule has 1 atom stereocenters. The minimum absolute atomic E-state index is 0.0963. The van der Waals surface area contributed by atoms with Crippen LogP contribution in [0.15, 0.2) is 42.7 Å². The lowest BCUT2D eigenvalue weighted by atomic mass is 10.2. The van der Waals surface area contributed by atoms with Gasteiger partial charge in [0.1, 0.15) is 5.82 Å². The Bertz CT molecular complexity index is 553. The van der Waals surface area contributed by atoms with E-state index in [1.807, 2.05) is 30.6 Å². The lowest BCUT2D eigenvalue weighted by Gasteiger charge is -2.12. The van der Waals surface area contributed by atoms with E-state index < -0.39 is 0 Å². The molecule has 2 aromatic rings. The van der Waals surface area contributed by atoms with Gasteiger partial charge in [0, 0.05) is 24.5 Å². The molecule has 1 aromatic carbocycles. The monoisotopic (exact) mass is 268 g/mol. The molecule has 0 saturated heterocycles. The van der Waals surface area contributed by atoms with Crippen LogP contribution in [-0.4, -0.2) is 22.1 Å². The number of nitrogens with zero attached hydrogens (tertiary/aromatic N) is 3. The van der Waals surface area contributed by atoms with Crippen molar-refractivity contribution in [3.05, 3.63) is 42.7 Å². The number of nitrogens with one attached hydrogen (secondary N) is 1. The van der Waals surface area contributed by atoms with Crippen LogP contribution in [0.2, 0.25) is 0 Å². The molecule has 0 radical (unpaired) electrons. The molecule has 1 heterocycles. The third-order valence-electron chi connectivity index (χ3n) is 3.20. The van der Waals surface area contributed by atoms with E-state index in [2.05, 4.69) is 40.0 Å². The Morgan fingerprint density at radius 2 is 2.15 bits per heavy atom. The van der Waals surface area contributed by atoms with E-state index in [4.69, 9.17) is 5.26 Å². The molecule has 104 valence electrons. The maximum absolute atomic E-state index is 9.13. The van der Waals surface area contributed by atoms with Crippen LogP contribution in [0.3, 0.4) is 0 Å². The van der Waals surface area contributed by atoms with Gasteiger partial charge in [-0.1, -0.05) is 37.3 Å². The zero-order valence-corrected chi connectivity index (χ0v) is 11.8. The minimum atomic E-state index is -0.0963. The number of imidazole rings is 1. The fraction of sp³-hybridized carbons (Fsp3) is 0.375. The molecular weight excluding hydrogens is 248 g/mol. The van der Waals surface area contributed by atoms with Gasteiger partial charge in [-0.2, -0.15) is 5.26 Å². The number of hydrogen-bond acceptors (Lipinski definition) is 3. The number of aryl methyl sites for hydroxylation is 1. The number of aromatic nitrogens is 2. The van der Waals surface area contributed by atoms with E-state index in [1.165, 1.54) is 0 Å². The van der Waals surface area contributed by atoms with Crippen LogP contribution in [0, 0.1) is 11.3 Å². The third kappa shape index (κ3) is 3.69. The maximum Gasteiger partial charge on any atom is 0.139 e. The van der Waals surface area contributed by atoms with Gasteiger partial charge in [-0.15, -0.1) is 0 Å². The molecule has 20 heavy (non-hydrogen) atoms. The summed E-state index contributed by atoms with van der Waals surface area (Å²) in [5.74, 6) is 0.956. The normalized spacial score (nSPS) is 12.0. The Labute approximate surface area is 120 Å². The van der Waals surface area contributed by atoms with Crippen molar-refractivity contribution in [2.75, 3.05) is 6.54 Å². The van der Waals surface area contributed by atoms with Crippen molar-refractivity contribution < 1.29 is 0 Å². The number of benzene rings is 1. The highest BCUT2D eigenvalue weighted by molar-refractivity contribution is 5.55. The van der Waals surface area contributed by atoms with Crippen molar-refractivity contribution in [2.45, 2.75) is 32.4 Å². The minimum Gasteiger partial charge on any atom is -0.331 e. The summed E-state index contributed by atoms with van der Waals surface area (Å²) < 4.78 is 2.10. The van der Waals surface area contributed by atoms with Crippen molar-refractivity contribution >= 4 is 0 Å². The molecule has 0 spiro atoms. The quantitative estimate of drug-likeness (QED) is 0.840. The predicted octanol–water partition coefficient (Wildman–Crippen LogP) is 2.83. The van der Waals surface area contributed by atoms with E-state index in [1.54, 1.807) is 0 Å². The summed E-state index contributed by atoms with van der Waals surface area (Å²) in [6.45, 7) is 3.78. The summed E-state index contributed by atoms with van der Waals surface area (Å²) in [5, 5.41) is 12.4. The Hall–Kier alpha value is -2.12. The molecule has 0 aliphatic heterocycles. The zero-order valence-electron chi connectivity index (χ0n) is 11.8. The van der Waals surface area contributed by atoms with E-state index >= 15 is 0 Å². The van der Waals surface area contributed by atoms with Gasteiger partial charge < -0.3 is 9.88 Å². The second-order valence-electron chi connectivity index (χ2n) is 4.73. The zero-order chi connectivity index (χ0) is 14.2. The highest BCUT2D eigenvalue weighted by atomic mass is 15.1. The van der Waals surface area contributed by atoms with Gasteiger partial charge in [-0.05, 0) is 19.4 Å². The van der Waals surface area contributed by atoms with E-state index in [0.29, 0.717) is 0 Å². The van der Waals surface area contributed by atoms with Gasteiger partial charge in [0.05, 0.1) is 12.1 Å². The molecule has 1 N–H and O–H groups in total. The van der Waals surface area contributed by atoms with Crippen molar-refractivity contribution in [1.82, 2.24) is 14.9 Å². The summed E-state index contributed by atoms with van der Waals surface area (Å²) in [7, 11) is 0. The maximum atomic E-state index is 9.13. The van der Waals surface area contributed by atoms with Crippen molar-refractivity contribution in [3.8, 4) is 17.5 Å². The molecule has 0 amide bonds. The topological polar surface area (TPSA) is 53.6 Å². The SMILES string of the molecule is CCCNC(C#N)CCn1ccnc1-c1ccccc1. The van der Waals surface area contributed by atoms with Crippen LogP contribution in [0.1, 0.15) is 19.8 Å². The van der Waals surface area contributed by atoms with Gasteiger partial charge in [0.2, 0.25) is 0 Å². The highest BCUT2D eigenvalue weighted by Gasteiger charge is 2.09. The molecule has 4 heteroatoms. The Kier molecular flexibility index (Phi) is 5.33. The summed E-state index contributed by atoms with van der Waals surface area (Å²) in [6.07, 6.45) is 5.60. The fourth-order valence-corrected chi connectivity index (χ4v) is 2.14. The molecular formula is C16H20N4. The van der Waals surface area contributed by atoms with Gasteiger partial charge in [0.25, 0.3) is 0 Å². The predicted molar refractivity (Wildman–Crippen MR) is 80.0 cm³/mol. The summed E-state index contributed by atoms with van der Waals surface area (Å²) >= 11 is 0. The van der Waals surface area contributed by atoms with Gasteiger partial charge >= 0.3 is 0 Å². The first-order chi connectivity index (χ1) is 9.85. The average molecular weight is 268 g/mol. The van der Waals surface area contributed by atoms with Crippen LogP contribution in [0.25, 0.3) is 11.4 Å². The van der Waals surface area contributed by atoms with Crippen LogP contribution >= 0.6 is 0 Å². The molecule has 2 rings (SSSR count). The smallest absolute Gasteiger partial charge is 0.139 e. The first-order valence-electron chi connectivity index (χ1n) is 7.04. The second kappa shape index (κ2) is 7.46. The van der Waals surface area contributed by atoms with Crippen LogP contribution in [-0.2, 0) is 6.54 Å².